The summed E-state index contributed by atoms with van der Waals surface area (Å²) in [6.45, 7) is 0. The van der Waals surface area contributed by atoms with Gasteiger partial charge in [0.05, 0.1) is 0 Å². The topological polar surface area (TPSA) is 0 Å². The van der Waals surface area contributed by atoms with E-state index in [1.165, 1.54) is 53.2 Å². The maximum absolute atomic E-state index is 3.51. The number of benzene rings is 5. The van der Waals surface area contributed by atoms with E-state index in [4.69, 9.17) is 0 Å². The number of hydrogen-bond donors (Lipinski definition) is 0. The van der Waals surface area contributed by atoms with Gasteiger partial charge >= 0.3 is 0 Å². The summed E-state index contributed by atoms with van der Waals surface area (Å²) in [5, 5.41) is 5.36. The lowest BCUT2D eigenvalue weighted by molar-refractivity contribution is 1.59. The summed E-state index contributed by atoms with van der Waals surface area (Å²) in [5.41, 5.74) is 5.04. The van der Waals surface area contributed by atoms with E-state index in [9.17, 15) is 0 Å². The van der Waals surface area contributed by atoms with Crippen LogP contribution in [-0.2, 0) is 0 Å². The van der Waals surface area contributed by atoms with Crippen LogP contribution >= 0.6 is 27.3 Å². The highest BCUT2D eigenvalue weighted by atomic mass is 79.9. The molecular formula is C28H17BrS. The Kier molecular flexibility index (Phi) is 4.22. The lowest BCUT2D eigenvalue weighted by Gasteiger charge is -2.07. The second-order valence-electron chi connectivity index (χ2n) is 7.53. The van der Waals surface area contributed by atoms with Crippen molar-refractivity contribution in [3.8, 4) is 22.3 Å². The van der Waals surface area contributed by atoms with E-state index >= 15 is 0 Å². The highest BCUT2D eigenvalue weighted by Gasteiger charge is 2.12. The van der Waals surface area contributed by atoms with Crippen LogP contribution in [0.4, 0.5) is 0 Å². The molecule has 5 aromatic carbocycles. The fourth-order valence-corrected chi connectivity index (χ4v) is 5.80. The fourth-order valence-electron chi connectivity index (χ4n) is 4.28. The van der Waals surface area contributed by atoms with Crippen molar-refractivity contribution in [2.24, 2.45) is 0 Å². The van der Waals surface area contributed by atoms with E-state index in [-0.39, 0.29) is 0 Å². The van der Waals surface area contributed by atoms with Crippen LogP contribution in [0.5, 0.6) is 0 Å². The van der Waals surface area contributed by atoms with Crippen LogP contribution < -0.4 is 0 Å². The third-order valence-electron chi connectivity index (χ3n) is 5.76. The summed E-state index contributed by atoms with van der Waals surface area (Å²) in [7, 11) is 0. The number of fused-ring (bicyclic) bond motifs is 5. The highest BCUT2D eigenvalue weighted by molar-refractivity contribution is 9.10. The molecule has 30 heavy (non-hydrogen) atoms. The fraction of sp³-hybridized carbons (Fsp3) is 0. The Morgan fingerprint density at radius 1 is 0.533 bits per heavy atom. The van der Waals surface area contributed by atoms with Gasteiger partial charge in [-0.05, 0) is 51.2 Å². The Bertz CT molecular complexity index is 1520. The van der Waals surface area contributed by atoms with Crippen molar-refractivity contribution in [1.29, 1.82) is 0 Å². The zero-order chi connectivity index (χ0) is 20.1. The minimum Gasteiger partial charge on any atom is -0.135 e. The minimum absolute atomic E-state index is 1.10. The van der Waals surface area contributed by atoms with Crippen LogP contribution in [-0.4, -0.2) is 0 Å². The van der Waals surface area contributed by atoms with Crippen molar-refractivity contribution in [3.05, 3.63) is 108 Å². The van der Waals surface area contributed by atoms with E-state index < -0.39 is 0 Å². The van der Waals surface area contributed by atoms with Gasteiger partial charge in [0.15, 0.2) is 0 Å². The Labute approximate surface area is 187 Å². The Hall–Kier alpha value is -2.94. The van der Waals surface area contributed by atoms with Crippen LogP contribution in [0.3, 0.4) is 0 Å². The summed E-state index contributed by atoms with van der Waals surface area (Å²) in [6, 6.07) is 37.3. The molecule has 0 fully saturated rings. The first-order valence-corrected chi connectivity index (χ1v) is 11.6. The Balaban J connectivity index is 1.53. The van der Waals surface area contributed by atoms with E-state index in [0.717, 1.165) is 4.47 Å². The van der Waals surface area contributed by atoms with Crippen molar-refractivity contribution in [1.82, 2.24) is 0 Å². The molecule has 2 heteroatoms. The predicted octanol–water partition coefficient (Wildman–Crippen LogP) is 9.30. The summed E-state index contributed by atoms with van der Waals surface area (Å²) in [4.78, 5) is 0. The van der Waals surface area contributed by atoms with Crippen LogP contribution in [0.2, 0.25) is 0 Å². The van der Waals surface area contributed by atoms with Crippen molar-refractivity contribution < 1.29 is 0 Å². The number of thiophene rings is 1. The number of rotatable bonds is 2. The standard InChI is InChI=1S/C28H17BrS/c29-22-15-12-19(13-16-22)18-8-10-21(11-9-18)24-6-3-7-25-27-23-5-2-1-4-20(23)14-17-26(27)30-28(24)25/h1-17H. The molecule has 6 aromatic rings. The van der Waals surface area contributed by atoms with Crippen LogP contribution in [0.25, 0.3) is 53.2 Å². The van der Waals surface area contributed by atoms with Crippen molar-refractivity contribution in [2.75, 3.05) is 0 Å². The first kappa shape index (κ1) is 17.9. The second-order valence-corrected chi connectivity index (χ2v) is 9.50. The summed E-state index contributed by atoms with van der Waals surface area (Å²) in [6.07, 6.45) is 0. The minimum atomic E-state index is 1.10. The molecule has 1 heterocycles. The molecule has 0 aliphatic rings. The maximum atomic E-state index is 3.51. The van der Waals surface area contributed by atoms with Crippen LogP contribution in [0.1, 0.15) is 0 Å². The maximum Gasteiger partial charge on any atom is 0.0434 e. The molecule has 0 aliphatic carbocycles. The normalized spacial score (nSPS) is 11.5. The van der Waals surface area contributed by atoms with Gasteiger partial charge in [-0.1, -0.05) is 101 Å². The second kappa shape index (κ2) is 7.09. The molecule has 0 saturated heterocycles. The third kappa shape index (κ3) is 2.87. The number of hydrogen-bond acceptors (Lipinski definition) is 1. The highest BCUT2D eigenvalue weighted by Crippen LogP contribution is 2.42. The van der Waals surface area contributed by atoms with Gasteiger partial charge < -0.3 is 0 Å². The Morgan fingerprint density at radius 3 is 2.00 bits per heavy atom. The molecule has 0 nitrogen and oxygen atoms in total. The molecule has 0 spiro atoms. The molecule has 0 bridgehead atoms. The van der Waals surface area contributed by atoms with Gasteiger partial charge in [0.25, 0.3) is 0 Å². The lowest BCUT2D eigenvalue weighted by Crippen LogP contribution is -1.81. The van der Waals surface area contributed by atoms with Gasteiger partial charge in [-0.2, -0.15) is 0 Å². The van der Waals surface area contributed by atoms with E-state index in [1.54, 1.807) is 0 Å². The molecule has 142 valence electrons. The first-order valence-electron chi connectivity index (χ1n) is 9.97. The van der Waals surface area contributed by atoms with Gasteiger partial charge in [0.1, 0.15) is 0 Å². The van der Waals surface area contributed by atoms with E-state index in [2.05, 4.69) is 119 Å². The molecule has 0 atom stereocenters. The molecule has 0 aliphatic heterocycles. The summed E-state index contributed by atoms with van der Waals surface area (Å²) >= 11 is 5.41. The zero-order valence-electron chi connectivity index (χ0n) is 16.1. The van der Waals surface area contributed by atoms with Crippen LogP contribution in [0, 0.1) is 0 Å². The van der Waals surface area contributed by atoms with Gasteiger partial charge in [0, 0.05) is 24.6 Å². The lowest BCUT2D eigenvalue weighted by atomic mass is 9.98. The number of halogens is 1. The van der Waals surface area contributed by atoms with Gasteiger partial charge in [-0.15, -0.1) is 11.3 Å². The molecule has 6 rings (SSSR count). The van der Waals surface area contributed by atoms with Crippen molar-refractivity contribution in [2.45, 2.75) is 0 Å². The van der Waals surface area contributed by atoms with Gasteiger partial charge in [0.2, 0.25) is 0 Å². The molecule has 0 radical (unpaired) electrons. The third-order valence-corrected chi connectivity index (χ3v) is 7.49. The van der Waals surface area contributed by atoms with E-state index in [1.807, 2.05) is 11.3 Å². The average molecular weight is 465 g/mol. The predicted molar refractivity (Wildman–Crippen MR) is 135 cm³/mol. The van der Waals surface area contributed by atoms with Crippen molar-refractivity contribution >= 4 is 58.2 Å². The summed E-state index contributed by atoms with van der Waals surface area (Å²) < 4.78 is 3.81. The van der Waals surface area contributed by atoms with E-state index in [0.29, 0.717) is 0 Å². The summed E-state index contributed by atoms with van der Waals surface area (Å²) in [5.74, 6) is 0. The monoisotopic (exact) mass is 464 g/mol. The zero-order valence-corrected chi connectivity index (χ0v) is 18.5. The largest absolute Gasteiger partial charge is 0.135 e. The molecule has 0 saturated carbocycles. The quantitative estimate of drug-likeness (QED) is 0.239. The molecular weight excluding hydrogens is 448 g/mol. The molecule has 0 unspecified atom stereocenters. The molecule has 0 N–H and O–H groups in total. The average Bonchev–Trinajstić information content (AvgIpc) is 3.19. The van der Waals surface area contributed by atoms with Crippen molar-refractivity contribution in [3.63, 3.8) is 0 Å². The van der Waals surface area contributed by atoms with Crippen LogP contribution in [0.15, 0.2) is 108 Å². The smallest absolute Gasteiger partial charge is 0.0434 e. The Morgan fingerprint density at radius 2 is 1.20 bits per heavy atom. The SMILES string of the molecule is Brc1ccc(-c2ccc(-c3cccc4c3sc3ccc5ccccc5c34)cc2)cc1. The molecule has 0 amide bonds. The molecule has 1 aromatic heterocycles. The van der Waals surface area contributed by atoms with Gasteiger partial charge in [-0.3, -0.25) is 0 Å². The first-order chi connectivity index (χ1) is 14.8. The van der Waals surface area contributed by atoms with Gasteiger partial charge in [-0.25, -0.2) is 0 Å².